The zero-order valence-electron chi connectivity index (χ0n) is 8.40. The van der Waals surface area contributed by atoms with Crippen LogP contribution >= 0.6 is 0 Å². The number of nitrogens with zero attached hydrogens (tertiary/aromatic N) is 2. The molecule has 0 spiro atoms. The lowest BCUT2D eigenvalue weighted by molar-refractivity contribution is 0.0291. The molecular weight excluding hydrogens is 164 g/mol. The Morgan fingerprint density at radius 1 is 1.69 bits per heavy atom. The summed E-state index contributed by atoms with van der Waals surface area (Å²) in [6.45, 7) is 5.42. The number of rotatable bonds is 2. The number of likely N-dealkylation sites (tertiary alicyclic amines) is 1. The van der Waals surface area contributed by atoms with E-state index in [-0.39, 0.29) is 12.1 Å². The van der Waals surface area contributed by atoms with Crippen LogP contribution in [0.5, 0.6) is 0 Å². The van der Waals surface area contributed by atoms with Gasteiger partial charge in [0.05, 0.1) is 18.7 Å². The monoisotopic (exact) mass is 182 g/mol. The van der Waals surface area contributed by atoms with Crippen molar-refractivity contribution in [3.63, 3.8) is 0 Å². The van der Waals surface area contributed by atoms with Crippen molar-refractivity contribution in [2.75, 3.05) is 13.1 Å². The highest BCUT2D eigenvalue weighted by atomic mass is 16.3. The van der Waals surface area contributed by atoms with E-state index in [2.05, 4.69) is 17.9 Å². The molecule has 1 aliphatic heterocycles. The summed E-state index contributed by atoms with van der Waals surface area (Å²) in [5, 5.41) is 18.2. The van der Waals surface area contributed by atoms with Crippen molar-refractivity contribution in [1.82, 2.24) is 4.90 Å². The van der Waals surface area contributed by atoms with Gasteiger partial charge in [0.2, 0.25) is 0 Å². The van der Waals surface area contributed by atoms with Crippen LogP contribution in [0.25, 0.3) is 0 Å². The molecule has 1 saturated heterocycles. The Kier molecular flexibility index (Phi) is 3.71. The predicted octanol–water partition coefficient (Wildman–Crippen LogP) is 0.991. The van der Waals surface area contributed by atoms with Gasteiger partial charge in [-0.1, -0.05) is 6.92 Å². The van der Waals surface area contributed by atoms with E-state index < -0.39 is 0 Å². The van der Waals surface area contributed by atoms with Gasteiger partial charge in [-0.3, -0.25) is 4.90 Å². The van der Waals surface area contributed by atoms with Gasteiger partial charge in [0.1, 0.15) is 0 Å². The highest BCUT2D eigenvalue weighted by Gasteiger charge is 2.28. The summed E-state index contributed by atoms with van der Waals surface area (Å²) >= 11 is 0. The van der Waals surface area contributed by atoms with Crippen molar-refractivity contribution < 1.29 is 5.11 Å². The van der Waals surface area contributed by atoms with Crippen molar-refractivity contribution in [1.29, 1.82) is 5.26 Å². The molecule has 1 fully saturated rings. The maximum Gasteiger partial charge on any atom is 0.0869 e. The summed E-state index contributed by atoms with van der Waals surface area (Å²) in [5.74, 6) is 0.676. The summed E-state index contributed by atoms with van der Waals surface area (Å²) in [5.41, 5.74) is 0. The SMILES string of the molecule is CC1CCN(CC#N)C(C(C)O)C1. The molecule has 0 amide bonds. The Morgan fingerprint density at radius 2 is 2.38 bits per heavy atom. The third-order valence-corrected chi connectivity index (χ3v) is 2.85. The first-order chi connectivity index (χ1) is 6.15. The lowest BCUT2D eigenvalue weighted by Gasteiger charge is -2.38. The van der Waals surface area contributed by atoms with Crippen LogP contribution in [-0.4, -0.2) is 35.2 Å². The molecule has 3 unspecified atom stereocenters. The smallest absolute Gasteiger partial charge is 0.0869 e. The minimum absolute atomic E-state index is 0.184. The van der Waals surface area contributed by atoms with Gasteiger partial charge < -0.3 is 5.11 Å². The number of piperidine rings is 1. The van der Waals surface area contributed by atoms with Gasteiger partial charge in [0.15, 0.2) is 0 Å². The second-order valence-electron chi connectivity index (χ2n) is 4.07. The third kappa shape index (κ3) is 2.68. The van der Waals surface area contributed by atoms with Crippen molar-refractivity contribution in [2.24, 2.45) is 5.92 Å². The molecule has 0 bridgehead atoms. The number of aliphatic hydroxyl groups is 1. The molecule has 3 heteroatoms. The van der Waals surface area contributed by atoms with Gasteiger partial charge in [-0.15, -0.1) is 0 Å². The van der Waals surface area contributed by atoms with Gasteiger partial charge in [0, 0.05) is 6.04 Å². The molecule has 1 heterocycles. The van der Waals surface area contributed by atoms with Gasteiger partial charge in [-0.2, -0.15) is 5.26 Å². The summed E-state index contributed by atoms with van der Waals surface area (Å²) in [7, 11) is 0. The molecule has 0 aliphatic carbocycles. The van der Waals surface area contributed by atoms with E-state index in [4.69, 9.17) is 5.26 Å². The number of nitriles is 1. The maximum absolute atomic E-state index is 9.54. The van der Waals surface area contributed by atoms with E-state index in [1.165, 1.54) is 0 Å². The molecule has 0 aromatic rings. The Morgan fingerprint density at radius 3 is 2.92 bits per heavy atom. The number of aliphatic hydroxyl groups excluding tert-OH is 1. The highest BCUT2D eigenvalue weighted by Crippen LogP contribution is 2.23. The van der Waals surface area contributed by atoms with Crippen LogP contribution < -0.4 is 0 Å². The number of hydrogen-bond acceptors (Lipinski definition) is 3. The largest absolute Gasteiger partial charge is 0.392 e. The maximum atomic E-state index is 9.54. The first-order valence-electron chi connectivity index (χ1n) is 4.94. The molecule has 13 heavy (non-hydrogen) atoms. The quantitative estimate of drug-likeness (QED) is 0.648. The third-order valence-electron chi connectivity index (χ3n) is 2.85. The van der Waals surface area contributed by atoms with E-state index in [0.29, 0.717) is 12.5 Å². The second-order valence-corrected chi connectivity index (χ2v) is 4.07. The average molecular weight is 182 g/mol. The first-order valence-corrected chi connectivity index (χ1v) is 4.94. The summed E-state index contributed by atoms with van der Waals surface area (Å²) < 4.78 is 0. The van der Waals surface area contributed by atoms with Crippen LogP contribution in [0.3, 0.4) is 0 Å². The molecule has 0 radical (unpaired) electrons. The normalized spacial score (nSPS) is 32.5. The van der Waals surface area contributed by atoms with Gasteiger partial charge in [-0.25, -0.2) is 0 Å². The molecule has 1 aliphatic rings. The standard InChI is InChI=1S/C10H18N2O/c1-8-3-5-12(6-4-11)10(7-8)9(2)13/h8-10,13H,3,5-7H2,1-2H3. The predicted molar refractivity (Wildman–Crippen MR) is 51.1 cm³/mol. The van der Waals surface area contributed by atoms with Crippen LogP contribution in [-0.2, 0) is 0 Å². The van der Waals surface area contributed by atoms with Crippen molar-refractivity contribution >= 4 is 0 Å². The van der Waals surface area contributed by atoms with Crippen LogP contribution in [0.4, 0.5) is 0 Å². The fourth-order valence-corrected chi connectivity index (χ4v) is 2.02. The second kappa shape index (κ2) is 4.59. The molecular formula is C10H18N2O. The van der Waals surface area contributed by atoms with Gasteiger partial charge in [0.25, 0.3) is 0 Å². The van der Waals surface area contributed by atoms with Crippen molar-refractivity contribution in [3.05, 3.63) is 0 Å². The van der Waals surface area contributed by atoms with E-state index in [1.54, 1.807) is 0 Å². The van der Waals surface area contributed by atoms with Gasteiger partial charge >= 0.3 is 0 Å². The van der Waals surface area contributed by atoms with Crippen molar-refractivity contribution in [3.8, 4) is 6.07 Å². The molecule has 74 valence electrons. The van der Waals surface area contributed by atoms with Crippen molar-refractivity contribution in [2.45, 2.75) is 38.8 Å². The van der Waals surface area contributed by atoms with E-state index in [0.717, 1.165) is 19.4 Å². The van der Waals surface area contributed by atoms with Crippen LogP contribution in [0.15, 0.2) is 0 Å². The molecule has 1 N–H and O–H groups in total. The minimum atomic E-state index is -0.323. The van der Waals surface area contributed by atoms with E-state index >= 15 is 0 Å². The lowest BCUT2D eigenvalue weighted by Crippen LogP contribution is -2.47. The van der Waals surface area contributed by atoms with Crippen LogP contribution in [0.2, 0.25) is 0 Å². The van der Waals surface area contributed by atoms with Crippen LogP contribution in [0.1, 0.15) is 26.7 Å². The van der Waals surface area contributed by atoms with Crippen LogP contribution in [0, 0.1) is 17.2 Å². The topological polar surface area (TPSA) is 47.3 Å². The fraction of sp³-hybridized carbons (Fsp3) is 0.900. The van der Waals surface area contributed by atoms with E-state index in [9.17, 15) is 5.11 Å². The zero-order valence-corrected chi connectivity index (χ0v) is 8.40. The Balaban J connectivity index is 2.56. The summed E-state index contributed by atoms with van der Waals surface area (Å²) in [4.78, 5) is 2.09. The van der Waals surface area contributed by atoms with Gasteiger partial charge in [-0.05, 0) is 32.2 Å². The average Bonchev–Trinajstić information content (AvgIpc) is 2.08. The summed E-state index contributed by atoms with van der Waals surface area (Å²) in [6.07, 6.45) is 1.83. The zero-order chi connectivity index (χ0) is 9.84. The number of hydrogen-bond donors (Lipinski definition) is 1. The minimum Gasteiger partial charge on any atom is -0.392 e. The molecule has 0 aromatic heterocycles. The first kappa shape index (κ1) is 10.5. The Hall–Kier alpha value is -0.590. The lowest BCUT2D eigenvalue weighted by atomic mass is 9.90. The van der Waals surface area contributed by atoms with E-state index in [1.807, 2.05) is 6.92 Å². The molecule has 1 rings (SSSR count). The molecule has 0 aromatic carbocycles. The molecule has 3 atom stereocenters. The molecule has 3 nitrogen and oxygen atoms in total. The summed E-state index contributed by atoms with van der Waals surface area (Å²) in [6, 6.07) is 2.34. The molecule has 0 saturated carbocycles. The highest BCUT2D eigenvalue weighted by molar-refractivity contribution is 4.88. The Bertz CT molecular complexity index is 198. The fourth-order valence-electron chi connectivity index (χ4n) is 2.02. The Labute approximate surface area is 80.0 Å².